The summed E-state index contributed by atoms with van der Waals surface area (Å²) in [4.78, 5) is 25.0. The molecule has 108 valence electrons. The van der Waals surface area contributed by atoms with E-state index in [1.54, 1.807) is 14.2 Å². The standard InChI is InChI=1S/C14H24N2O3/c1-16(11-13(17)15-8-5-9-19-2)14(18)10-12-6-3-4-7-12/h3,6,12H,4-5,7-11H2,1-2H3,(H,15,17)/t12-/m0/s1. The molecule has 1 rings (SSSR count). The molecule has 1 N–H and O–H groups in total. The normalized spacial score (nSPS) is 17.5. The Labute approximate surface area is 115 Å². The number of carbonyl (C=O) groups excluding carboxylic acids is 2. The highest BCUT2D eigenvalue weighted by Crippen LogP contribution is 2.20. The van der Waals surface area contributed by atoms with Crippen molar-refractivity contribution in [3.63, 3.8) is 0 Å². The first-order valence-corrected chi connectivity index (χ1v) is 6.79. The largest absolute Gasteiger partial charge is 0.385 e. The summed E-state index contributed by atoms with van der Waals surface area (Å²) in [5.74, 6) is 0.261. The van der Waals surface area contributed by atoms with Gasteiger partial charge in [-0.25, -0.2) is 0 Å². The van der Waals surface area contributed by atoms with Crippen LogP contribution in [0.1, 0.15) is 25.7 Å². The minimum absolute atomic E-state index is 0.0311. The number of nitrogens with zero attached hydrogens (tertiary/aromatic N) is 1. The number of carbonyl (C=O) groups is 2. The number of allylic oxidation sites excluding steroid dienone is 2. The summed E-state index contributed by atoms with van der Waals surface area (Å²) in [6.45, 7) is 1.34. The Morgan fingerprint density at radius 3 is 2.89 bits per heavy atom. The first-order valence-electron chi connectivity index (χ1n) is 6.79. The monoisotopic (exact) mass is 268 g/mol. The summed E-state index contributed by atoms with van der Waals surface area (Å²) in [7, 11) is 3.31. The van der Waals surface area contributed by atoms with Crippen molar-refractivity contribution in [3.8, 4) is 0 Å². The first-order chi connectivity index (χ1) is 9.13. The maximum absolute atomic E-state index is 11.9. The van der Waals surface area contributed by atoms with E-state index in [9.17, 15) is 9.59 Å². The van der Waals surface area contributed by atoms with E-state index in [1.807, 2.05) is 0 Å². The predicted molar refractivity (Wildman–Crippen MR) is 73.6 cm³/mol. The lowest BCUT2D eigenvalue weighted by Crippen LogP contribution is -2.39. The minimum atomic E-state index is -0.117. The fourth-order valence-electron chi connectivity index (χ4n) is 2.05. The van der Waals surface area contributed by atoms with Gasteiger partial charge in [-0.15, -0.1) is 0 Å². The number of rotatable bonds is 8. The lowest BCUT2D eigenvalue weighted by Gasteiger charge is -2.18. The van der Waals surface area contributed by atoms with Gasteiger partial charge < -0.3 is 15.0 Å². The van der Waals surface area contributed by atoms with Crippen LogP contribution in [0.15, 0.2) is 12.2 Å². The average molecular weight is 268 g/mol. The molecule has 0 unspecified atom stereocenters. The molecule has 0 aromatic carbocycles. The molecular formula is C14H24N2O3. The molecule has 0 radical (unpaired) electrons. The molecule has 0 fully saturated rings. The van der Waals surface area contributed by atoms with Gasteiger partial charge in [0.2, 0.25) is 11.8 Å². The van der Waals surface area contributed by atoms with Crippen molar-refractivity contribution >= 4 is 11.8 Å². The summed E-state index contributed by atoms with van der Waals surface area (Å²) < 4.78 is 4.90. The maximum Gasteiger partial charge on any atom is 0.239 e. The van der Waals surface area contributed by atoms with E-state index in [2.05, 4.69) is 17.5 Å². The zero-order valence-electron chi connectivity index (χ0n) is 11.9. The van der Waals surface area contributed by atoms with Crippen LogP contribution in [0, 0.1) is 5.92 Å². The van der Waals surface area contributed by atoms with Crippen LogP contribution in [-0.2, 0) is 14.3 Å². The van der Waals surface area contributed by atoms with Crippen LogP contribution < -0.4 is 5.32 Å². The third kappa shape index (κ3) is 6.38. The van der Waals surface area contributed by atoms with E-state index in [-0.39, 0.29) is 18.4 Å². The van der Waals surface area contributed by atoms with Gasteiger partial charge in [-0.3, -0.25) is 9.59 Å². The molecule has 5 nitrogen and oxygen atoms in total. The molecule has 2 amide bonds. The Morgan fingerprint density at radius 1 is 1.47 bits per heavy atom. The van der Waals surface area contributed by atoms with Gasteiger partial charge >= 0.3 is 0 Å². The molecule has 0 spiro atoms. The van der Waals surface area contributed by atoms with E-state index in [1.165, 1.54) is 4.90 Å². The van der Waals surface area contributed by atoms with Crippen molar-refractivity contribution in [2.75, 3.05) is 33.9 Å². The van der Waals surface area contributed by atoms with Gasteiger partial charge in [0.25, 0.3) is 0 Å². The Kier molecular flexibility index (Phi) is 7.18. The zero-order valence-corrected chi connectivity index (χ0v) is 11.9. The molecule has 5 heteroatoms. The van der Waals surface area contributed by atoms with Crippen LogP contribution in [0.25, 0.3) is 0 Å². The average Bonchev–Trinajstić information content (AvgIpc) is 2.87. The van der Waals surface area contributed by atoms with Crippen LogP contribution in [0.3, 0.4) is 0 Å². The second-order valence-corrected chi connectivity index (χ2v) is 4.92. The van der Waals surface area contributed by atoms with E-state index < -0.39 is 0 Å². The second kappa shape index (κ2) is 8.69. The Hall–Kier alpha value is -1.36. The molecule has 0 aromatic heterocycles. The summed E-state index contributed by atoms with van der Waals surface area (Å²) in [5, 5.41) is 2.77. The number of nitrogens with one attached hydrogen (secondary N) is 1. The lowest BCUT2D eigenvalue weighted by molar-refractivity contribution is -0.135. The van der Waals surface area contributed by atoms with Gasteiger partial charge in [0.1, 0.15) is 0 Å². The minimum Gasteiger partial charge on any atom is -0.385 e. The van der Waals surface area contributed by atoms with Crippen molar-refractivity contribution in [2.45, 2.75) is 25.7 Å². The summed E-state index contributed by atoms with van der Waals surface area (Å²) in [6.07, 6.45) is 7.60. The fraction of sp³-hybridized carbons (Fsp3) is 0.714. The van der Waals surface area contributed by atoms with Gasteiger partial charge in [-0.1, -0.05) is 12.2 Å². The zero-order chi connectivity index (χ0) is 14.1. The first kappa shape index (κ1) is 15.7. The van der Waals surface area contributed by atoms with Crippen molar-refractivity contribution in [3.05, 3.63) is 12.2 Å². The maximum atomic E-state index is 11.9. The second-order valence-electron chi connectivity index (χ2n) is 4.92. The molecule has 0 saturated heterocycles. The number of ether oxygens (including phenoxy) is 1. The number of hydrogen-bond donors (Lipinski definition) is 1. The molecule has 1 aliphatic carbocycles. The molecule has 1 aliphatic rings. The highest BCUT2D eigenvalue weighted by atomic mass is 16.5. The summed E-state index contributed by atoms with van der Waals surface area (Å²) in [6, 6.07) is 0. The number of methoxy groups -OCH3 is 1. The van der Waals surface area contributed by atoms with E-state index >= 15 is 0 Å². The van der Waals surface area contributed by atoms with E-state index in [0.717, 1.165) is 19.3 Å². The van der Waals surface area contributed by atoms with Crippen LogP contribution in [0.5, 0.6) is 0 Å². The summed E-state index contributed by atoms with van der Waals surface area (Å²) >= 11 is 0. The third-order valence-corrected chi connectivity index (χ3v) is 3.20. The molecule has 0 bridgehead atoms. The fourth-order valence-corrected chi connectivity index (χ4v) is 2.05. The Morgan fingerprint density at radius 2 is 2.26 bits per heavy atom. The number of likely N-dealkylation sites (N-methyl/N-ethyl adjacent to an activating group) is 1. The Bertz CT molecular complexity index is 329. The van der Waals surface area contributed by atoms with Crippen LogP contribution >= 0.6 is 0 Å². The van der Waals surface area contributed by atoms with Crippen molar-refractivity contribution in [1.29, 1.82) is 0 Å². The van der Waals surface area contributed by atoms with Gasteiger partial charge in [0, 0.05) is 33.7 Å². The van der Waals surface area contributed by atoms with Gasteiger partial charge in [0.15, 0.2) is 0 Å². The van der Waals surface area contributed by atoms with Crippen molar-refractivity contribution in [2.24, 2.45) is 5.92 Å². The smallest absolute Gasteiger partial charge is 0.239 e. The highest BCUT2D eigenvalue weighted by Gasteiger charge is 2.18. The third-order valence-electron chi connectivity index (χ3n) is 3.20. The van der Waals surface area contributed by atoms with Crippen molar-refractivity contribution in [1.82, 2.24) is 10.2 Å². The quantitative estimate of drug-likeness (QED) is 0.527. The number of amides is 2. The van der Waals surface area contributed by atoms with Gasteiger partial charge in [-0.05, 0) is 25.2 Å². The molecular weight excluding hydrogens is 244 g/mol. The van der Waals surface area contributed by atoms with E-state index in [4.69, 9.17) is 4.74 Å². The molecule has 19 heavy (non-hydrogen) atoms. The molecule has 0 heterocycles. The van der Waals surface area contributed by atoms with Crippen LogP contribution in [0.4, 0.5) is 0 Å². The lowest BCUT2D eigenvalue weighted by atomic mass is 10.0. The summed E-state index contributed by atoms with van der Waals surface area (Å²) in [5.41, 5.74) is 0. The predicted octanol–water partition coefficient (Wildman–Crippen LogP) is 0.954. The topological polar surface area (TPSA) is 58.6 Å². The molecule has 1 atom stereocenters. The SMILES string of the molecule is COCCCNC(=O)CN(C)C(=O)C[C@H]1C=CCC1. The molecule has 0 aliphatic heterocycles. The van der Waals surface area contributed by atoms with Gasteiger partial charge in [-0.2, -0.15) is 0 Å². The molecule has 0 saturated carbocycles. The van der Waals surface area contributed by atoms with Crippen LogP contribution in [-0.4, -0.2) is 50.6 Å². The molecule has 0 aromatic rings. The van der Waals surface area contributed by atoms with E-state index in [0.29, 0.717) is 25.5 Å². The Balaban J connectivity index is 2.17. The van der Waals surface area contributed by atoms with Crippen LogP contribution in [0.2, 0.25) is 0 Å². The highest BCUT2D eigenvalue weighted by molar-refractivity contribution is 5.84. The number of hydrogen-bond acceptors (Lipinski definition) is 3. The van der Waals surface area contributed by atoms with Crippen molar-refractivity contribution < 1.29 is 14.3 Å². The van der Waals surface area contributed by atoms with Gasteiger partial charge in [0.05, 0.1) is 6.54 Å².